The molecule has 0 spiro atoms. The van der Waals surface area contributed by atoms with Crippen molar-refractivity contribution in [1.29, 1.82) is 0 Å². The molecule has 4 aromatic rings. The molecule has 43 heavy (non-hydrogen) atoms. The minimum absolute atomic E-state index is 0.239. The zero-order chi connectivity index (χ0) is 30.9. The van der Waals surface area contributed by atoms with Crippen molar-refractivity contribution in [3.63, 3.8) is 0 Å². The number of hydrogen-bond donors (Lipinski definition) is 3. The van der Waals surface area contributed by atoms with Gasteiger partial charge in [-0.05, 0) is 60.1 Å². The van der Waals surface area contributed by atoms with Crippen molar-refractivity contribution >= 4 is 35.7 Å². The van der Waals surface area contributed by atoms with Crippen LogP contribution >= 0.6 is 14.5 Å². The second-order valence-electron chi connectivity index (χ2n) is 13.2. The number of fused-ring (bicyclic) bond motifs is 2. The maximum absolute atomic E-state index is 8.83. The summed E-state index contributed by atoms with van der Waals surface area (Å²) in [6.45, 7) is 9.84. The van der Waals surface area contributed by atoms with Crippen molar-refractivity contribution in [3.8, 4) is 0 Å². The second-order valence-corrected chi connectivity index (χ2v) is 21.8. The topological polar surface area (TPSA) is 83.8 Å². The molecule has 0 fully saturated rings. The molecule has 0 aromatic heterocycles. The number of benzene rings is 4. The van der Waals surface area contributed by atoms with E-state index in [0.29, 0.717) is 0 Å². The van der Waals surface area contributed by atoms with Gasteiger partial charge in [0.2, 0.25) is 0 Å². The maximum atomic E-state index is 8.83. The normalized spacial score (nSPS) is 24.1. The predicted molar refractivity (Wildman–Crippen MR) is 180 cm³/mol. The summed E-state index contributed by atoms with van der Waals surface area (Å²) in [5, 5.41) is 6.58. The van der Waals surface area contributed by atoms with Crippen LogP contribution in [0, 0.1) is 10.2 Å². The summed E-state index contributed by atoms with van der Waals surface area (Å²) in [6, 6.07) is 42.3. The predicted octanol–water partition coefficient (Wildman–Crippen LogP) is 4.83. The Morgan fingerprint density at radius 1 is 0.558 bits per heavy atom. The molecule has 0 saturated carbocycles. The first-order chi connectivity index (χ1) is 20.3. The second kappa shape index (κ2) is 12.3. The summed E-state index contributed by atoms with van der Waals surface area (Å²) in [7, 11) is -7.31. The van der Waals surface area contributed by atoms with E-state index in [9.17, 15) is 0 Å². The molecular formula is C36H45ClO4P2+2. The van der Waals surface area contributed by atoms with Gasteiger partial charge >= 0.3 is 28.9 Å². The van der Waals surface area contributed by atoms with Crippen LogP contribution in [0.15, 0.2) is 109 Å². The molecule has 4 aromatic carbocycles. The Bertz CT molecular complexity index is 1420. The summed E-state index contributed by atoms with van der Waals surface area (Å²) in [6.07, 6.45) is 7.80. The van der Waals surface area contributed by atoms with Gasteiger partial charge in [-0.15, -0.1) is 0 Å². The van der Waals surface area contributed by atoms with E-state index >= 15 is 0 Å². The van der Waals surface area contributed by atoms with E-state index in [1.54, 1.807) is 32.3 Å². The van der Waals surface area contributed by atoms with Gasteiger partial charge in [0, 0.05) is 11.1 Å². The first kappa shape index (κ1) is 32.3. The minimum atomic E-state index is -4.19. The van der Waals surface area contributed by atoms with Gasteiger partial charge in [0.15, 0.2) is 0 Å². The molecule has 0 amide bonds. The molecular weight excluding hydrogens is 594 g/mol. The quantitative estimate of drug-likeness (QED) is 0.274. The van der Waals surface area contributed by atoms with Crippen molar-refractivity contribution in [3.05, 3.63) is 120 Å². The van der Waals surface area contributed by atoms with E-state index in [-0.39, 0.29) is 10.8 Å². The Morgan fingerprint density at radius 3 is 1.21 bits per heavy atom. The van der Waals surface area contributed by atoms with Gasteiger partial charge in [-0.1, -0.05) is 100 Å². The van der Waals surface area contributed by atoms with Gasteiger partial charge < -0.3 is 0 Å². The van der Waals surface area contributed by atoms with Crippen LogP contribution in [-0.4, -0.2) is 38.6 Å². The summed E-state index contributed by atoms with van der Waals surface area (Å²) in [4.78, 5) is 0. The molecule has 3 N–H and O–H groups in total. The van der Waals surface area contributed by atoms with Crippen molar-refractivity contribution in [2.24, 2.45) is 0 Å². The Labute approximate surface area is 260 Å². The van der Waals surface area contributed by atoms with E-state index in [0.717, 1.165) is 0 Å². The first-order valence-electron chi connectivity index (χ1n) is 15.0. The molecule has 2 heterocycles. The van der Waals surface area contributed by atoms with Crippen LogP contribution in [0.5, 0.6) is 0 Å². The molecule has 6 rings (SSSR count). The van der Waals surface area contributed by atoms with Gasteiger partial charge in [-0.3, -0.25) is 0 Å². The average Bonchev–Trinajstić information content (AvgIpc) is 2.98. The van der Waals surface area contributed by atoms with Crippen molar-refractivity contribution < 1.29 is 28.9 Å². The summed E-state index contributed by atoms with van der Waals surface area (Å²) >= 11 is 0. The number of rotatable bonds is 5. The van der Waals surface area contributed by atoms with E-state index in [1.807, 2.05) is 0 Å². The molecule has 2 aliphatic rings. The molecule has 7 heteroatoms. The summed E-state index contributed by atoms with van der Waals surface area (Å²) in [5.41, 5.74) is 3.67. The zero-order valence-corrected chi connectivity index (χ0v) is 28.2. The fourth-order valence-electron chi connectivity index (χ4n) is 7.32. The number of hydrogen-bond acceptors (Lipinski definition) is 4. The molecule has 2 atom stereocenters. The van der Waals surface area contributed by atoms with Gasteiger partial charge in [-0.25, -0.2) is 0 Å². The Hall–Kier alpha value is -2.13. The first-order valence-corrected chi connectivity index (χ1v) is 20.6. The van der Waals surface area contributed by atoms with Crippen LogP contribution in [0.3, 0.4) is 0 Å². The van der Waals surface area contributed by atoms with E-state index in [2.05, 4.69) is 137 Å². The van der Waals surface area contributed by atoms with Crippen LogP contribution in [0.2, 0.25) is 0 Å². The molecule has 0 aliphatic carbocycles. The fraction of sp³-hybridized carbons (Fsp3) is 0.333. The molecule has 2 unspecified atom stereocenters. The standard InChI is InChI=1S/C36H42P2.ClH3O4/c1-35(2)23-25-37(29-15-7-5-8-16-29,33-21-13-11-19-31(33)35)27-28-38(30-17-9-6-10-18-30)26-24-36(3,4)32-20-12-14-22-34(32)38;2-1(3,4)5/h5-22H,23-28H2,1-4H3;2-4H/q+2;. The zero-order valence-electron chi connectivity index (χ0n) is 25.7. The van der Waals surface area contributed by atoms with Crippen LogP contribution < -0.4 is 25.9 Å². The fourth-order valence-corrected chi connectivity index (χ4v) is 18.8. The van der Waals surface area contributed by atoms with E-state index in [1.165, 1.54) is 37.5 Å². The Morgan fingerprint density at radius 2 is 0.860 bits per heavy atom. The van der Waals surface area contributed by atoms with Crippen molar-refractivity contribution in [1.82, 2.24) is 0 Å². The molecule has 0 saturated heterocycles. The monoisotopic (exact) mass is 638 g/mol. The van der Waals surface area contributed by atoms with E-state index < -0.39 is 24.8 Å². The van der Waals surface area contributed by atoms with Crippen molar-refractivity contribution in [2.45, 2.75) is 51.4 Å². The van der Waals surface area contributed by atoms with Gasteiger partial charge in [0.25, 0.3) is 0 Å². The van der Waals surface area contributed by atoms with Gasteiger partial charge in [0.1, 0.15) is 22.9 Å². The van der Waals surface area contributed by atoms with Crippen LogP contribution in [0.25, 0.3) is 0 Å². The summed E-state index contributed by atoms with van der Waals surface area (Å²) in [5.74, 6) is 0. The van der Waals surface area contributed by atoms with Crippen molar-refractivity contribution in [2.75, 3.05) is 24.6 Å². The van der Waals surface area contributed by atoms with Crippen LogP contribution in [0.1, 0.15) is 51.7 Å². The summed E-state index contributed by atoms with van der Waals surface area (Å²) < 4.78 is 30.2. The third-order valence-electron chi connectivity index (χ3n) is 9.79. The average molecular weight is 639 g/mol. The number of halogens is 1. The molecule has 0 radical (unpaired) electrons. The SMILES string of the molecule is CC1(C)CC[P+](CC[P+]2(c3ccccc3)CCC(C)(C)c3ccccc32)(c2ccccc2)c2ccccc21.[O-][Cl+](O)(O)O. The van der Waals surface area contributed by atoms with Gasteiger partial charge in [0.05, 0.1) is 37.5 Å². The third kappa shape index (κ3) is 6.63. The molecule has 2 aliphatic heterocycles. The van der Waals surface area contributed by atoms with Crippen LogP contribution in [0.4, 0.5) is 0 Å². The van der Waals surface area contributed by atoms with Crippen LogP contribution in [-0.2, 0) is 10.8 Å². The third-order valence-corrected chi connectivity index (χ3v) is 19.3. The molecule has 0 bridgehead atoms. The van der Waals surface area contributed by atoms with Gasteiger partial charge in [-0.2, -0.15) is 0 Å². The Kier molecular flexibility index (Phi) is 9.26. The molecule has 4 nitrogen and oxygen atoms in total. The van der Waals surface area contributed by atoms with E-state index in [4.69, 9.17) is 18.6 Å². The molecule has 228 valence electrons. The Balaban J connectivity index is 0.000000682.